The number of nitrogens with zero attached hydrogens (tertiary/aromatic N) is 1. The zero-order valence-electron chi connectivity index (χ0n) is 29.0. The number of benzene rings is 2. The van der Waals surface area contributed by atoms with Gasteiger partial charge in [-0.25, -0.2) is 14.4 Å². The van der Waals surface area contributed by atoms with E-state index in [4.69, 9.17) is 18.9 Å². The van der Waals surface area contributed by atoms with Crippen LogP contribution in [0.3, 0.4) is 0 Å². The third kappa shape index (κ3) is 16.7. The summed E-state index contributed by atoms with van der Waals surface area (Å²) in [6.07, 6.45) is -1.14. The van der Waals surface area contributed by atoms with E-state index in [0.717, 1.165) is 0 Å². The van der Waals surface area contributed by atoms with Crippen LogP contribution in [0.1, 0.15) is 55.6 Å². The summed E-state index contributed by atoms with van der Waals surface area (Å²) >= 11 is 0. The third-order valence-corrected chi connectivity index (χ3v) is 6.53. The van der Waals surface area contributed by atoms with Gasteiger partial charge in [-0.05, 0) is 57.0 Å². The molecule has 0 radical (unpaired) electrons. The minimum absolute atomic E-state index is 0.0245. The molecule has 1 unspecified atom stereocenters. The second-order valence-corrected chi connectivity index (χ2v) is 12.0. The number of nitrogens with one attached hydrogen (secondary N) is 4. The minimum atomic E-state index is -1.09. The van der Waals surface area contributed by atoms with E-state index in [0.29, 0.717) is 16.8 Å². The molecule has 16 heteroatoms. The molecule has 0 bridgehead atoms. The largest absolute Gasteiger partial charge is 0.478 e. The maximum atomic E-state index is 12.6. The number of amides is 5. The highest BCUT2D eigenvalue weighted by molar-refractivity contribution is 5.97. The summed E-state index contributed by atoms with van der Waals surface area (Å²) in [6.45, 7) is 7.68. The highest BCUT2D eigenvalue weighted by atomic mass is 16.6. The first kappa shape index (κ1) is 41.0. The fourth-order valence-electron chi connectivity index (χ4n) is 4.03. The number of aromatic carboxylic acids is 1. The van der Waals surface area contributed by atoms with E-state index < -0.39 is 47.5 Å². The Kier molecular flexibility index (Phi) is 17.2. The lowest BCUT2D eigenvalue weighted by molar-refractivity contribution is -0.128. The monoisotopic (exact) mass is 701 g/mol. The summed E-state index contributed by atoms with van der Waals surface area (Å²) < 4.78 is 21.1. The van der Waals surface area contributed by atoms with Gasteiger partial charge in [0.15, 0.2) is 0 Å². The summed E-state index contributed by atoms with van der Waals surface area (Å²) in [6, 6.07) is 12.0. The van der Waals surface area contributed by atoms with E-state index in [1.54, 1.807) is 63.2 Å². The van der Waals surface area contributed by atoms with Crippen molar-refractivity contribution in [2.24, 2.45) is 0 Å². The fraction of sp³-hybridized carbons (Fsp3) is 0.471. The lowest BCUT2D eigenvalue weighted by Gasteiger charge is -2.19. The molecule has 50 heavy (non-hydrogen) atoms. The van der Waals surface area contributed by atoms with Gasteiger partial charge in [-0.15, -0.1) is 0 Å². The molecule has 2 rings (SSSR count). The first-order valence-electron chi connectivity index (χ1n) is 15.9. The first-order chi connectivity index (χ1) is 23.6. The molecular formula is C34H47N5O11. The van der Waals surface area contributed by atoms with Crippen molar-refractivity contribution < 1.29 is 52.8 Å². The second kappa shape index (κ2) is 21.0. The summed E-state index contributed by atoms with van der Waals surface area (Å²) in [4.78, 5) is 73.5. The Morgan fingerprint density at radius 1 is 0.860 bits per heavy atom. The van der Waals surface area contributed by atoms with Crippen LogP contribution in [0.15, 0.2) is 48.5 Å². The van der Waals surface area contributed by atoms with Gasteiger partial charge in [-0.1, -0.05) is 30.3 Å². The Morgan fingerprint density at radius 2 is 1.52 bits per heavy atom. The number of carbonyl (C=O) groups is 6. The molecule has 0 saturated carbocycles. The number of carboxylic acid groups (broad SMARTS) is 1. The lowest BCUT2D eigenvalue weighted by atomic mass is 10.1. The molecule has 0 spiro atoms. The molecule has 0 aliphatic rings. The van der Waals surface area contributed by atoms with Crippen molar-refractivity contribution in [2.45, 2.75) is 58.9 Å². The number of anilines is 1. The van der Waals surface area contributed by atoms with Gasteiger partial charge in [0.25, 0.3) is 0 Å². The zero-order chi connectivity index (χ0) is 37.1. The molecule has 0 fully saturated rings. The Labute approximate surface area is 291 Å². The molecule has 274 valence electrons. The van der Waals surface area contributed by atoms with Crippen molar-refractivity contribution >= 4 is 41.6 Å². The predicted molar refractivity (Wildman–Crippen MR) is 181 cm³/mol. The van der Waals surface area contributed by atoms with E-state index in [2.05, 4.69) is 21.3 Å². The van der Waals surface area contributed by atoms with Gasteiger partial charge in [0.2, 0.25) is 17.7 Å². The maximum Gasteiger partial charge on any atom is 0.410 e. The van der Waals surface area contributed by atoms with E-state index in [-0.39, 0.29) is 64.7 Å². The predicted octanol–water partition coefficient (Wildman–Crippen LogP) is 2.66. The van der Waals surface area contributed by atoms with Crippen molar-refractivity contribution in [2.75, 3.05) is 51.9 Å². The number of rotatable bonds is 19. The molecule has 0 heterocycles. The van der Waals surface area contributed by atoms with Gasteiger partial charge >= 0.3 is 18.2 Å². The van der Waals surface area contributed by atoms with E-state index in [1.807, 2.05) is 0 Å². The fourth-order valence-corrected chi connectivity index (χ4v) is 4.03. The van der Waals surface area contributed by atoms with Crippen molar-refractivity contribution in [3.05, 3.63) is 65.2 Å². The van der Waals surface area contributed by atoms with Gasteiger partial charge in [-0.3, -0.25) is 14.4 Å². The van der Waals surface area contributed by atoms with E-state index in [9.17, 15) is 33.9 Å². The highest BCUT2D eigenvalue weighted by Crippen LogP contribution is 2.14. The summed E-state index contributed by atoms with van der Waals surface area (Å²) in [5.74, 6) is -2.52. The van der Waals surface area contributed by atoms with Crippen LogP contribution in [-0.2, 0) is 46.5 Å². The van der Waals surface area contributed by atoms with Crippen LogP contribution in [0.5, 0.6) is 0 Å². The number of hydrogen-bond acceptors (Lipinski definition) is 10. The molecular weight excluding hydrogens is 654 g/mol. The SMILES string of the molecule is CC(NC(=O)CNC(=O)CCOCCOCCNC(=O)OC(C)(C)C)C(=O)Nc1ccc(COC(=O)N(C)Cc2ccccc2C(=O)O)cc1. The Bertz CT molecular complexity index is 1440. The number of ether oxygens (including phenoxy) is 4. The van der Waals surface area contributed by atoms with Gasteiger partial charge in [0.1, 0.15) is 18.2 Å². The van der Waals surface area contributed by atoms with Gasteiger partial charge in [-0.2, -0.15) is 0 Å². The smallest absolute Gasteiger partial charge is 0.410 e. The quantitative estimate of drug-likeness (QED) is 0.134. The van der Waals surface area contributed by atoms with E-state index in [1.165, 1.54) is 24.9 Å². The molecule has 5 N–H and O–H groups in total. The van der Waals surface area contributed by atoms with Crippen molar-refractivity contribution in [1.29, 1.82) is 0 Å². The second-order valence-electron chi connectivity index (χ2n) is 12.0. The molecule has 0 aliphatic carbocycles. The standard InChI is InChI=1S/C34H47N5O11/c1-23(37-29(41)20-36-28(40)14-16-47-18-19-48-17-15-35-32(45)50-34(2,3)4)30(42)38-26-12-10-24(11-13-26)22-49-33(46)39(5)21-25-8-6-7-9-27(25)31(43)44/h6-13,23H,14-22H2,1-5H3,(H,35,45)(H,36,40)(H,37,41)(H,38,42)(H,43,44). The zero-order valence-corrected chi connectivity index (χ0v) is 29.0. The Morgan fingerprint density at radius 3 is 2.18 bits per heavy atom. The number of hydrogen-bond donors (Lipinski definition) is 5. The Balaban J connectivity index is 1.58. The molecule has 1 atom stereocenters. The van der Waals surface area contributed by atoms with Gasteiger partial charge < -0.3 is 50.2 Å². The topological polar surface area (TPSA) is 211 Å². The third-order valence-electron chi connectivity index (χ3n) is 6.53. The minimum Gasteiger partial charge on any atom is -0.478 e. The molecule has 0 aromatic heterocycles. The van der Waals surface area contributed by atoms with Crippen LogP contribution in [0.2, 0.25) is 0 Å². The molecule has 5 amide bonds. The first-order valence-corrected chi connectivity index (χ1v) is 15.9. The molecule has 0 saturated heterocycles. The van der Waals surface area contributed by atoms with Crippen molar-refractivity contribution in [3.63, 3.8) is 0 Å². The van der Waals surface area contributed by atoms with Gasteiger partial charge in [0, 0.05) is 32.2 Å². The molecule has 16 nitrogen and oxygen atoms in total. The lowest BCUT2D eigenvalue weighted by Crippen LogP contribution is -2.46. The van der Waals surface area contributed by atoms with Crippen LogP contribution in [0.25, 0.3) is 0 Å². The average molecular weight is 702 g/mol. The molecule has 0 aliphatic heterocycles. The van der Waals surface area contributed by atoms with Crippen molar-refractivity contribution in [3.8, 4) is 0 Å². The van der Waals surface area contributed by atoms with Crippen molar-refractivity contribution in [1.82, 2.24) is 20.9 Å². The normalized spacial score (nSPS) is 11.5. The van der Waals surface area contributed by atoms with Crippen LogP contribution in [0.4, 0.5) is 15.3 Å². The Hall–Kier alpha value is -5.22. The number of alkyl carbamates (subject to hydrolysis) is 1. The summed E-state index contributed by atoms with van der Waals surface area (Å²) in [7, 11) is 1.50. The molecule has 2 aromatic carbocycles. The summed E-state index contributed by atoms with van der Waals surface area (Å²) in [5.41, 5.74) is 1.10. The molecule has 2 aromatic rings. The van der Waals surface area contributed by atoms with Crippen LogP contribution < -0.4 is 21.3 Å². The highest BCUT2D eigenvalue weighted by Gasteiger charge is 2.18. The average Bonchev–Trinajstić information content (AvgIpc) is 3.05. The number of carboxylic acids is 1. The van der Waals surface area contributed by atoms with Gasteiger partial charge in [0.05, 0.1) is 38.5 Å². The van der Waals surface area contributed by atoms with Crippen LogP contribution in [-0.4, -0.2) is 104 Å². The summed E-state index contributed by atoms with van der Waals surface area (Å²) in [5, 5.41) is 19.6. The van der Waals surface area contributed by atoms with Crippen LogP contribution >= 0.6 is 0 Å². The van der Waals surface area contributed by atoms with E-state index >= 15 is 0 Å². The van der Waals surface area contributed by atoms with Crippen LogP contribution in [0, 0.1) is 0 Å². The number of carbonyl (C=O) groups excluding carboxylic acids is 5. The maximum absolute atomic E-state index is 12.6.